The zero-order valence-electron chi connectivity index (χ0n) is 11.7. The van der Waals surface area contributed by atoms with Gasteiger partial charge in [0.05, 0.1) is 12.1 Å². The minimum absolute atomic E-state index is 0.240. The van der Waals surface area contributed by atoms with Crippen LogP contribution >= 0.6 is 11.6 Å². The Morgan fingerprint density at radius 1 is 1.25 bits per heavy atom. The Bertz CT molecular complexity index is 593. The molecule has 1 aliphatic heterocycles. The van der Waals surface area contributed by atoms with Gasteiger partial charge in [0.2, 0.25) is 0 Å². The minimum Gasteiger partial charge on any atom is -0.376 e. The van der Waals surface area contributed by atoms with Crippen LogP contribution in [0.3, 0.4) is 0 Å². The predicted octanol–water partition coefficient (Wildman–Crippen LogP) is 4.32. The van der Waals surface area contributed by atoms with Crippen LogP contribution in [-0.2, 0) is 4.74 Å². The van der Waals surface area contributed by atoms with Crippen LogP contribution in [0.15, 0.2) is 36.4 Å². The third-order valence-electron chi connectivity index (χ3n) is 4.00. The number of rotatable bonds is 4. The van der Waals surface area contributed by atoms with E-state index in [0.717, 1.165) is 36.4 Å². The lowest BCUT2D eigenvalue weighted by molar-refractivity contribution is 0.0792. The number of hydrogen-bond acceptors (Lipinski definition) is 2. The van der Waals surface area contributed by atoms with E-state index < -0.39 is 0 Å². The quantitative estimate of drug-likeness (QED) is 0.905. The van der Waals surface area contributed by atoms with Crippen molar-refractivity contribution in [2.24, 2.45) is 0 Å². The van der Waals surface area contributed by atoms with Crippen molar-refractivity contribution in [1.29, 1.82) is 0 Å². The predicted molar refractivity (Wildman–Crippen MR) is 84.3 cm³/mol. The van der Waals surface area contributed by atoms with Gasteiger partial charge in [-0.2, -0.15) is 0 Å². The van der Waals surface area contributed by atoms with E-state index in [0.29, 0.717) is 0 Å². The maximum Gasteiger partial charge on any atom is 0.0770 e. The van der Waals surface area contributed by atoms with Crippen LogP contribution in [0.1, 0.15) is 31.4 Å². The second kappa shape index (κ2) is 6.13. The molecule has 0 spiro atoms. The molecule has 1 aliphatic rings. The average molecular weight is 290 g/mol. The number of nitrogens with one attached hydrogen (secondary N) is 1. The first-order chi connectivity index (χ1) is 9.81. The van der Waals surface area contributed by atoms with Gasteiger partial charge in [0, 0.05) is 17.0 Å². The summed E-state index contributed by atoms with van der Waals surface area (Å²) < 4.78 is 5.91. The zero-order chi connectivity index (χ0) is 13.9. The lowest BCUT2D eigenvalue weighted by atomic mass is 9.94. The SMILES string of the molecule is CCNC(c1ccc(Cl)c2ccccc12)C1CCCO1. The molecule has 0 bridgehead atoms. The molecule has 2 atom stereocenters. The standard InChI is InChI=1S/C17H20ClNO/c1-2-19-17(16-8-5-11-20-16)14-9-10-15(18)13-7-4-3-6-12(13)14/h3-4,6-7,9-10,16-17,19H,2,5,8,11H2,1H3. The maximum atomic E-state index is 6.32. The summed E-state index contributed by atoms with van der Waals surface area (Å²) in [4.78, 5) is 0. The van der Waals surface area contributed by atoms with Crippen LogP contribution < -0.4 is 5.32 Å². The Morgan fingerprint density at radius 3 is 2.75 bits per heavy atom. The molecule has 3 heteroatoms. The fraction of sp³-hybridized carbons (Fsp3) is 0.412. The number of halogens is 1. The minimum atomic E-state index is 0.240. The molecule has 3 rings (SSSR count). The van der Waals surface area contributed by atoms with Crippen molar-refractivity contribution in [2.45, 2.75) is 31.9 Å². The highest BCUT2D eigenvalue weighted by Crippen LogP contribution is 2.34. The molecule has 1 saturated heterocycles. The van der Waals surface area contributed by atoms with Gasteiger partial charge in [-0.3, -0.25) is 0 Å². The Labute approximate surface area is 125 Å². The molecule has 0 aromatic heterocycles. The Hall–Kier alpha value is -1.09. The van der Waals surface area contributed by atoms with Crippen molar-refractivity contribution >= 4 is 22.4 Å². The monoisotopic (exact) mass is 289 g/mol. The third-order valence-corrected chi connectivity index (χ3v) is 4.33. The highest BCUT2D eigenvalue weighted by atomic mass is 35.5. The molecule has 0 saturated carbocycles. The van der Waals surface area contributed by atoms with E-state index in [4.69, 9.17) is 16.3 Å². The summed E-state index contributed by atoms with van der Waals surface area (Å²) in [5.41, 5.74) is 1.29. The summed E-state index contributed by atoms with van der Waals surface area (Å²) in [7, 11) is 0. The highest BCUT2D eigenvalue weighted by Gasteiger charge is 2.27. The maximum absolute atomic E-state index is 6.32. The molecule has 2 aromatic carbocycles. The van der Waals surface area contributed by atoms with Gasteiger partial charge < -0.3 is 10.1 Å². The first-order valence-corrected chi connectivity index (χ1v) is 7.71. The van der Waals surface area contributed by atoms with Gasteiger partial charge in [0.1, 0.15) is 0 Å². The van der Waals surface area contributed by atoms with E-state index in [1.165, 1.54) is 10.9 Å². The number of hydrogen-bond donors (Lipinski definition) is 1. The summed E-state index contributed by atoms with van der Waals surface area (Å²) in [5.74, 6) is 0. The van der Waals surface area contributed by atoms with Gasteiger partial charge in [-0.25, -0.2) is 0 Å². The van der Waals surface area contributed by atoms with E-state index in [2.05, 4.69) is 36.5 Å². The molecule has 106 valence electrons. The molecule has 2 nitrogen and oxygen atoms in total. The summed E-state index contributed by atoms with van der Waals surface area (Å²) in [6.45, 7) is 3.94. The van der Waals surface area contributed by atoms with Crippen LogP contribution in [0.2, 0.25) is 5.02 Å². The van der Waals surface area contributed by atoms with E-state index in [1.807, 2.05) is 12.1 Å². The van der Waals surface area contributed by atoms with Gasteiger partial charge in [-0.1, -0.05) is 48.9 Å². The zero-order valence-corrected chi connectivity index (χ0v) is 12.5. The van der Waals surface area contributed by atoms with Crippen molar-refractivity contribution in [1.82, 2.24) is 5.32 Å². The van der Waals surface area contributed by atoms with Gasteiger partial charge in [0.15, 0.2) is 0 Å². The molecule has 0 aliphatic carbocycles. The fourth-order valence-corrected chi connectivity index (χ4v) is 3.31. The van der Waals surface area contributed by atoms with Crippen molar-refractivity contribution in [3.05, 3.63) is 47.0 Å². The molecule has 2 unspecified atom stereocenters. The first-order valence-electron chi connectivity index (χ1n) is 7.33. The van der Waals surface area contributed by atoms with E-state index in [9.17, 15) is 0 Å². The van der Waals surface area contributed by atoms with E-state index in [1.54, 1.807) is 0 Å². The number of fused-ring (bicyclic) bond motifs is 1. The van der Waals surface area contributed by atoms with Gasteiger partial charge >= 0.3 is 0 Å². The van der Waals surface area contributed by atoms with Crippen LogP contribution in [0.5, 0.6) is 0 Å². The number of likely N-dealkylation sites (N-methyl/N-ethyl adjacent to an activating group) is 1. The molecule has 1 fully saturated rings. The molecule has 1 N–H and O–H groups in total. The van der Waals surface area contributed by atoms with Crippen LogP contribution in [0.4, 0.5) is 0 Å². The number of ether oxygens (including phenoxy) is 1. The molecule has 2 aromatic rings. The lowest BCUT2D eigenvalue weighted by Gasteiger charge is -2.25. The molecular formula is C17H20ClNO. The summed E-state index contributed by atoms with van der Waals surface area (Å²) >= 11 is 6.32. The van der Waals surface area contributed by atoms with Crippen molar-refractivity contribution < 1.29 is 4.74 Å². The van der Waals surface area contributed by atoms with Gasteiger partial charge in [-0.05, 0) is 36.4 Å². The normalized spacial score (nSPS) is 20.4. The van der Waals surface area contributed by atoms with Crippen molar-refractivity contribution in [3.8, 4) is 0 Å². The summed E-state index contributed by atoms with van der Waals surface area (Å²) in [6.07, 6.45) is 2.53. The number of benzene rings is 2. The Balaban J connectivity index is 2.08. The molecular weight excluding hydrogens is 270 g/mol. The van der Waals surface area contributed by atoms with Gasteiger partial charge in [0.25, 0.3) is 0 Å². The average Bonchev–Trinajstić information content (AvgIpc) is 3.00. The lowest BCUT2D eigenvalue weighted by Crippen LogP contribution is -2.31. The first kappa shape index (κ1) is 13.9. The highest BCUT2D eigenvalue weighted by molar-refractivity contribution is 6.35. The second-order valence-corrected chi connectivity index (χ2v) is 5.68. The topological polar surface area (TPSA) is 21.3 Å². The Morgan fingerprint density at radius 2 is 2.05 bits per heavy atom. The molecule has 0 radical (unpaired) electrons. The van der Waals surface area contributed by atoms with Crippen LogP contribution in [-0.4, -0.2) is 19.3 Å². The second-order valence-electron chi connectivity index (χ2n) is 5.27. The largest absolute Gasteiger partial charge is 0.376 e. The fourth-order valence-electron chi connectivity index (χ4n) is 3.08. The van der Waals surface area contributed by atoms with E-state index >= 15 is 0 Å². The molecule has 1 heterocycles. The smallest absolute Gasteiger partial charge is 0.0770 e. The molecule has 20 heavy (non-hydrogen) atoms. The van der Waals surface area contributed by atoms with Crippen LogP contribution in [0, 0.1) is 0 Å². The molecule has 0 amide bonds. The third kappa shape index (κ3) is 2.56. The van der Waals surface area contributed by atoms with Gasteiger partial charge in [-0.15, -0.1) is 0 Å². The van der Waals surface area contributed by atoms with E-state index in [-0.39, 0.29) is 12.1 Å². The summed E-state index contributed by atoms with van der Waals surface area (Å²) in [6, 6.07) is 12.7. The van der Waals surface area contributed by atoms with Crippen molar-refractivity contribution in [3.63, 3.8) is 0 Å². The summed E-state index contributed by atoms with van der Waals surface area (Å²) in [5, 5.41) is 6.74. The Kier molecular flexibility index (Phi) is 4.25. The van der Waals surface area contributed by atoms with Crippen molar-refractivity contribution in [2.75, 3.05) is 13.2 Å². The van der Waals surface area contributed by atoms with Crippen LogP contribution in [0.25, 0.3) is 10.8 Å².